The average molecular weight is 524 g/mol. The van der Waals surface area contributed by atoms with E-state index in [9.17, 15) is 8.42 Å². The third-order valence-electron chi connectivity index (χ3n) is 6.01. The molecule has 2 aromatic rings. The number of anilines is 1. The standard InChI is InChI=1S/C25H35BrN2O3S/c1-27(32(29,30)25-16-10-22(26)11-17-25)23-12-14-24(15-13-23)31-21-9-5-4-8-20-28-18-6-2-3-7-19-28/h10-17H,2-9,18-21H2,1H3. The van der Waals surface area contributed by atoms with Gasteiger partial charge in [-0.3, -0.25) is 4.31 Å². The van der Waals surface area contributed by atoms with Gasteiger partial charge in [-0.05, 0) is 93.8 Å². The number of likely N-dealkylation sites (tertiary alicyclic amines) is 1. The molecule has 0 saturated carbocycles. The van der Waals surface area contributed by atoms with Crippen molar-refractivity contribution in [3.63, 3.8) is 0 Å². The van der Waals surface area contributed by atoms with Gasteiger partial charge in [-0.15, -0.1) is 0 Å². The van der Waals surface area contributed by atoms with E-state index < -0.39 is 10.0 Å². The molecular formula is C25H35BrN2O3S. The Hall–Kier alpha value is -1.57. The fraction of sp³-hybridized carbons (Fsp3) is 0.520. The van der Waals surface area contributed by atoms with E-state index in [1.54, 1.807) is 43.4 Å². The van der Waals surface area contributed by atoms with Crippen molar-refractivity contribution in [3.8, 4) is 5.75 Å². The SMILES string of the molecule is CN(c1ccc(OCCCCCCN2CCCCCC2)cc1)S(=O)(=O)c1ccc(Br)cc1. The second-order valence-electron chi connectivity index (χ2n) is 8.44. The highest BCUT2D eigenvalue weighted by Gasteiger charge is 2.21. The van der Waals surface area contributed by atoms with Crippen LogP contribution in [0.1, 0.15) is 51.4 Å². The van der Waals surface area contributed by atoms with Crippen molar-refractivity contribution < 1.29 is 13.2 Å². The van der Waals surface area contributed by atoms with Gasteiger partial charge in [-0.1, -0.05) is 41.6 Å². The monoisotopic (exact) mass is 522 g/mol. The van der Waals surface area contributed by atoms with E-state index in [1.165, 1.54) is 68.9 Å². The summed E-state index contributed by atoms with van der Waals surface area (Å²) < 4.78 is 33.6. The molecule has 2 aromatic carbocycles. The minimum Gasteiger partial charge on any atom is -0.494 e. The van der Waals surface area contributed by atoms with Crippen LogP contribution < -0.4 is 9.04 Å². The molecular weight excluding hydrogens is 488 g/mol. The Morgan fingerprint density at radius 2 is 1.50 bits per heavy atom. The van der Waals surface area contributed by atoms with Crippen LogP contribution in [0.3, 0.4) is 0 Å². The van der Waals surface area contributed by atoms with E-state index >= 15 is 0 Å². The van der Waals surface area contributed by atoms with Gasteiger partial charge in [0.25, 0.3) is 10.0 Å². The highest BCUT2D eigenvalue weighted by molar-refractivity contribution is 9.10. The summed E-state index contributed by atoms with van der Waals surface area (Å²) in [5.41, 5.74) is 0.605. The van der Waals surface area contributed by atoms with Crippen LogP contribution in [0.2, 0.25) is 0 Å². The minimum absolute atomic E-state index is 0.263. The van der Waals surface area contributed by atoms with Gasteiger partial charge in [0.1, 0.15) is 5.75 Å². The highest BCUT2D eigenvalue weighted by atomic mass is 79.9. The van der Waals surface area contributed by atoms with Gasteiger partial charge in [0.15, 0.2) is 0 Å². The Bertz CT molecular complexity index is 909. The molecule has 0 amide bonds. The molecule has 0 unspecified atom stereocenters. The molecule has 1 saturated heterocycles. The molecule has 7 heteroatoms. The smallest absolute Gasteiger partial charge is 0.264 e. The fourth-order valence-electron chi connectivity index (χ4n) is 4.00. The second-order valence-corrected chi connectivity index (χ2v) is 11.3. The molecule has 1 fully saturated rings. The Morgan fingerprint density at radius 3 is 2.16 bits per heavy atom. The predicted octanol–water partition coefficient (Wildman–Crippen LogP) is 6.09. The zero-order valence-electron chi connectivity index (χ0n) is 19.0. The van der Waals surface area contributed by atoms with Crippen LogP contribution in [0, 0.1) is 0 Å². The summed E-state index contributed by atoms with van der Waals surface area (Å²) >= 11 is 3.33. The average Bonchev–Trinajstić information content (AvgIpc) is 3.07. The summed E-state index contributed by atoms with van der Waals surface area (Å²) in [6.45, 7) is 4.48. The number of rotatable bonds is 11. The number of sulfonamides is 1. The van der Waals surface area contributed by atoms with E-state index in [0.29, 0.717) is 12.3 Å². The van der Waals surface area contributed by atoms with Gasteiger partial charge >= 0.3 is 0 Å². The number of hydrogen-bond acceptors (Lipinski definition) is 4. The Kier molecular flexibility index (Phi) is 9.88. The maximum atomic E-state index is 12.8. The van der Waals surface area contributed by atoms with Crippen molar-refractivity contribution in [1.29, 1.82) is 0 Å². The normalized spacial score (nSPS) is 15.3. The first kappa shape index (κ1) is 25.1. The zero-order valence-corrected chi connectivity index (χ0v) is 21.4. The molecule has 1 aliphatic heterocycles. The number of nitrogens with zero attached hydrogens (tertiary/aromatic N) is 2. The molecule has 1 heterocycles. The van der Waals surface area contributed by atoms with Crippen molar-refractivity contribution in [2.45, 2.75) is 56.3 Å². The maximum Gasteiger partial charge on any atom is 0.264 e. The summed E-state index contributed by atoms with van der Waals surface area (Å²) in [6, 6.07) is 13.9. The molecule has 0 bridgehead atoms. The summed E-state index contributed by atoms with van der Waals surface area (Å²) in [7, 11) is -2.03. The van der Waals surface area contributed by atoms with Gasteiger partial charge in [-0.25, -0.2) is 8.42 Å². The van der Waals surface area contributed by atoms with Gasteiger partial charge in [-0.2, -0.15) is 0 Å². The van der Waals surface area contributed by atoms with Crippen molar-refractivity contribution >= 4 is 31.6 Å². The predicted molar refractivity (Wildman–Crippen MR) is 135 cm³/mol. The number of unbranched alkanes of at least 4 members (excludes halogenated alkanes) is 3. The zero-order chi connectivity index (χ0) is 22.8. The van der Waals surface area contributed by atoms with Crippen molar-refractivity contribution in [2.75, 3.05) is 37.6 Å². The molecule has 0 N–H and O–H groups in total. The molecule has 176 valence electrons. The number of ether oxygens (including phenoxy) is 1. The molecule has 0 radical (unpaired) electrons. The summed E-state index contributed by atoms with van der Waals surface area (Å²) in [6.07, 6.45) is 10.3. The lowest BCUT2D eigenvalue weighted by Gasteiger charge is -2.20. The molecule has 5 nitrogen and oxygen atoms in total. The van der Waals surface area contributed by atoms with Crippen LogP contribution in [0.25, 0.3) is 0 Å². The van der Waals surface area contributed by atoms with E-state index in [0.717, 1.165) is 16.6 Å². The molecule has 32 heavy (non-hydrogen) atoms. The van der Waals surface area contributed by atoms with E-state index in [2.05, 4.69) is 20.8 Å². The van der Waals surface area contributed by atoms with E-state index in [-0.39, 0.29) is 4.90 Å². The topological polar surface area (TPSA) is 49.9 Å². The maximum absolute atomic E-state index is 12.8. The van der Waals surface area contributed by atoms with E-state index in [1.807, 2.05) is 12.1 Å². The molecule has 0 aliphatic carbocycles. The lowest BCUT2D eigenvalue weighted by atomic mass is 10.2. The number of halogens is 1. The summed E-state index contributed by atoms with van der Waals surface area (Å²) in [4.78, 5) is 2.89. The van der Waals surface area contributed by atoms with Crippen LogP contribution in [0.15, 0.2) is 57.9 Å². The lowest BCUT2D eigenvalue weighted by molar-refractivity contribution is 0.272. The van der Waals surface area contributed by atoms with Gasteiger partial charge in [0, 0.05) is 11.5 Å². The third-order valence-corrected chi connectivity index (χ3v) is 8.34. The quantitative estimate of drug-likeness (QED) is 0.335. The third kappa shape index (κ3) is 7.49. The molecule has 0 spiro atoms. The van der Waals surface area contributed by atoms with Gasteiger partial charge in [0.05, 0.1) is 17.2 Å². The fourth-order valence-corrected chi connectivity index (χ4v) is 5.46. The first-order valence-electron chi connectivity index (χ1n) is 11.7. The van der Waals surface area contributed by atoms with Crippen LogP contribution in [-0.4, -0.2) is 46.6 Å². The van der Waals surface area contributed by atoms with Gasteiger partial charge in [0.2, 0.25) is 0 Å². The van der Waals surface area contributed by atoms with Crippen LogP contribution >= 0.6 is 15.9 Å². The summed E-state index contributed by atoms with van der Waals surface area (Å²) in [5.74, 6) is 0.771. The first-order valence-corrected chi connectivity index (χ1v) is 13.9. The number of benzene rings is 2. The number of hydrogen-bond donors (Lipinski definition) is 0. The highest BCUT2D eigenvalue weighted by Crippen LogP contribution is 2.25. The van der Waals surface area contributed by atoms with E-state index in [4.69, 9.17) is 4.74 Å². The van der Waals surface area contributed by atoms with Crippen LogP contribution in [0.5, 0.6) is 5.75 Å². The van der Waals surface area contributed by atoms with Crippen LogP contribution in [0.4, 0.5) is 5.69 Å². The minimum atomic E-state index is -3.59. The molecule has 3 rings (SSSR count). The molecule has 0 aromatic heterocycles. The molecule has 1 aliphatic rings. The first-order chi connectivity index (χ1) is 15.5. The van der Waals surface area contributed by atoms with Gasteiger partial charge < -0.3 is 9.64 Å². The second kappa shape index (κ2) is 12.6. The molecule has 0 atom stereocenters. The lowest BCUT2D eigenvalue weighted by Crippen LogP contribution is -2.26. The van der Waals surface area contributed by atoms with Crippen molar-refractivity contribution in [1.82, 2.24) is 4.90 Å². The Balaban J connectivity index is 1.37. The Morgan fingerprint density at radius 1 is 0.875 bits per heavy atom. The Labute approximate surface area is 201 Å². The van der Waals surface area contributed by atoms with Crippen molar-refractivity contribution in [2.24, 2.45) is 0 Å². The largest absolute Gasteiger partial charge is 0.494 e. The van der Waals surface area contributed by atoms with Crippen molar-refractivity contribution in [3.05, 3.63) is 53.0 Å². The van der Waals surface area contributed by atoms with Crippen LogP contribution in [-0.2, 0) is 10.0 Å². The summed E-state index contributed by atoms with van der Waals surface area (Å²) in [5, 5.41) is 0.